The van der Waals surface area contributed by atoms with Crippen molar-refractivity contribution in [2.24, 2.45) is 11.3 Å². The third-order valence-electron chi connectivity index (χ3n) is 2.95. The zero-order valence-electron chi connectivity index (χ0n) is 8.79. The number of carbonyl (C=O) groups excluding carboxylic acids is 2. The van der Waals surface area contributed by atoms with E-state index in [1.54, 1.807) is 19.9 Å². The van der Waals surface area contributed by atoms with Gasteiger partial charge in [0.1, 0.15) is 5.41 Å². The van der Waals surface area contributed by atoms with Gasteiger partial charge < -0.3 is 10.6 Å². The van der Waals surface area contributed by atoms with E-state index in [-0.39, 0.29) is 22.8 Å². The van der Waals surface area contributed by atoms with E-state index in [0.29, 0.717) is 6.42 Å². The van der Waals surface area contributed by atoms with E-state index in [1.165, 1.54) is 0 Å². The largest absolute Gasteiger partial charge is 0.302 e. The summed E-state index contributed by atoms with van der Waals surface area (Å²) in [4.78, 5) is 23.7. The van der Waals surface area contributed by atoms with Gasteiger partial charge in [-0.15, -0.1) is 6.58 Å². The maximum absolute atomic E-state index is 11.9. The van der Waals surface area contributed by atoms with Crippen molar-refractivity contribution in [1.82, 2.24) is 10.6 Å². The van der Waals surface area contributed by atoms with Gasteiger partial charge in [0.15, 0.2) is 5.11 Å². The van der Waals surface area contributed by atoms with E-state index < -0.39 is 5.41 Å². The normalized spacial score (nSPS) is 21.6. The molecule has 1 atom stereocenters. The van der Waals surface area contributed by atoms with E-state index in [0.717, 1.165) is 0 Å². The molecule has 0 aromatic heterocycles. The Morgan fingerprint density at radius 2 is 1.93 bits per heavy atom. The smallest absolute Gasteiger partial charge is 0.242 e. The summed E-state index contributed by atoms with van der Waals surface area (Å²) >= 11 is 4.74. The van der Waals surface area contributed by atoms with Crippen LogP contribution in [0.3, 0.4) is 0 Å². The van der Waals surface area contributed by atoms with E-state index in [4.69, 9.17) is 12.2 Å². The summed E-state index contributed by atoms with van der Waals surface area (Å²) in [6, 6.07) is 0. The second-order valence-electron chi connectivity index (χ2n) is 3.59. The number of carbonyl (C=O) groups is 2. The maximum Gasteiger partial charge on any atom is 0.242 e. The fourth-order valence-corrected chi connectivity index (χ4v) is 2.01. The van der Waals surface area contributed by atoms with Gasteiger partial charge in [0.2, 0.25) is 11.8 Å². The number of hydrogen-bond donors (Lipinski definition) is 2. The first-order chi connectivity index (χ1) is 6.98. The quantitative estimate of drug-likeness (QED) is 0.424. The van der Waals surface area contributed by atoms with Crippen LogP contribution in [0.1, 0.15) is 20.3 Å². The molecule has 15 heavy (non-hydrogen) atoms. The Hall–Kier alpha value is -1.23. The highest BCUT2D eigenvalue weighted by molar-refractivity contribution is 7.80. The number of allylic oxidation sites excluding steroid dienone is 1. The van der Waals surface area contributed by atoms with Gasteiger partial charge in [-0.25, -0.2) is 0 Å². The first kappa shape index (κ1) is 11.8. The summed E-state index contributed by atoms with van der Waals surface area (Å²) in [5, 5.41) is 5.03. The fraction of sp³-hybridized carbons (Fsp3) is 0.500. The van der Waals surface area contributed by atoms with Gasteiger partial charge in [-0.3, -0.25) is 9.59 Å². The summed E-state index contributed by atoms with van der Waals surface area (Å²) in [7, 11) is 0. The van der Waals surface area contributed by atoms with Crippen LogP contribution in [0.25, 0.3) is 0 Å². The topological polar surface area (TPSA) is 58.2 Å². The lowest BCUT2D eigenvalue weighted by molar-refractivity contribution is -0.146. The minimum absolute atomic E-state index is 0.0744. The van der Waals surface area contributed by atoms with Crippen LogP contribution in [0.15, 0.2) is 12.7 Å². The molecule has 1 aliphatic heterocycles. The molecule has 0 aromatic carbocycles. The number of amides is 2. The van der Waals surface area contributed by atoms with E-state index >= 15 is 0 Å². The van der Waals surface area contributed by atoms with E-state index in [9.17, 15) is 9.59 Å². The maximum atomic E-state index is 11.9. The van der Waals surface area contributed by atoms with Crippen LogP contribution in [-0.4, -0.2) is 16.9 Å². The van der Waals surface area contributed by atoms with Crippen LogP contribution in [-0.2, 0) is 9.59 Å². The van der Waals surface area contributed by atoms with Crippen LogP contribution < -0.4 is 10.6 Å². The Kier molecular flexibility index (Phi) is 3.24. The molecule has 2 amide bonds. The average molecular weight is 226 g/mol. The Labute approximate surface area is 94.1 Å². The van der Waals surface area contributed by atoms with E-state index in [1.807, 2.05) is 0 Å². The van der Waals surface area contributed by atoms with Crippen LogP contribution in [0, 0.1) is 11.3 Å². The zero-order chi connectivity index (χ0) is 11.6. The van der Waals surface area contributed by atoms with Crippen molar-refractivity contribution in [3.8, 4) is 0 Å². The molecular formula is C10H14N2O2S. The predicted octanol–water partition coefficient (Wildman–Crippen LogP) is 0.736. The number of thiocarbonyl (C=S) groups is 1. The molecule has 1 unspecified atom stereocenters. The highest BCUT2D eigenvalue weighted by Crippen LogP contribution is 2.34. The average Bonchev–Trinajstić information content (AvgIpc) is 2.17. The lowest BCUT2D eigenvalue weighted by atomic mass is 9.71. The predicted molar refractivity (Wildman–Crippen MR) is 61.0 cm³/mol. The third kappa shape index (κ3) is 1.67. The van der Waals surface area contributed by atoms with Crippen molar-refractivity contribution in [2.75, 3.05) is 0 Å². The standard InChI is InChI=1S/C10H14N2O2S/c1-4-6(3)10(5-2)7(13)11-9(15)12-8(10)14/h4,6H,1,5H2,2-3H3,(H2,11,12,13,14,15). The lowest BCUT2D eigenvalue weighted by Gasteiger charge is -2.37. The van der Waals surface area contributed by atoms with Crippen molar-refractivity contribution >= 4 is 29.1 Å². The molecule has 0 aromatic rings. The van der Waals surface area contributed by atoms with Gasteiger partial charge in [0.25, 0.3) is 0 Å². The SMILES string of the molecule is C=CC(C)C1(CC)C(=O)NC(=S)NC1=O. The Bertz CT molecular complexity index is 318. The van der Waals surface area contributed by atoms with Crippen LogP contribution in [0.2, 0.25) is 0 Å². The van der Waals surface area contributed by atoms with Crippen molar-refractivity contribution in [3.05, 3.63) is 12.7 Å². The summed E-state index contributed by atoms with van der Waals surface area (Å²) in [6.45, 7) is 7.22. The summed E-state index contributed by atoms with van der Waals surface area (Å²) in [5.41, 5.74) is -1.08. The molecule has 1 fully saturated rings. The first-order valence-corrected chi connectivity index (χ1v) is 5.19. The van der Waals surface area contributed by atoms with Crippen LogP contribution in [0.4, 0.5) is 0 Å². The van der Waals surface area contributed by atoms with Crippen molar-refractivity contribution in [1.29, 1.82) is 0 Å². The monoisotopic (exact) mass is 226 g/mol. The lowest BCUT2D eigenvalue weighted by Crippen LogP contribution is -2.64. The Balaban J connectivity index is 3.16. The second kappa shape index (κ2) is 4.10. The Morgan fingerprint density at radius 1 is 1.47 bits per heavy atom. The zero-order valence-corrected chi connectivity index (χ0v) is 9.61. The Morgan fingerprint density at radius 3 is 2.27 bits per heavy atom. The molecule has 0 spiro atoms. The van der Waals surface area contributed by atoms with E-state index in [2.05, 4.69) is 17.2 Å². The molecule has 82 valence electrons. The van der Waals surface area contributed by atoms with Crippen molar-refractivity contribution in [3.63, 3.8) is 0 Å². The van der Waals surface area contributed by atoms with Gasteiger partial charge >= 0.3 is 0 Å². The fourth-order valence-electron chi connectivity index (χ4n) is 1.82. The summed E-state index contributed by atoms with van der Waals surface area (Å²) in [6.07, 6.45) is 2.03. The minimum Gasteiger partial charge on any atom is -0.302 e. The molecule has 5 heteroatoms. The highest BCUT2D eigenvalue weighted by Gasteiger charge is 2.50. The van der Waals surface area contributed by atoms with Crippen molar-refractivity contribution in [2.45, 2.75) is 20.3 Å². The van der Waals surface area contributed by atoms with Gasteiger partial charge in [0.05, 0.1) is 0 Å². The molecule has 2 N–H and O–H groups in total. The van der Waals surface area contributed by atoms with Crippen LogP contribution >= 0.6 is 12.2 Å². The van der Waals surface area contributed by atoms with Crippen molar-refractivity contribution < 1.29 is 9.59 Å². The second-order valence-corrected chi connectivity index (χ2v) is 3.99. The number of nitrogens with one attached hydrogen (secondary N) is 2. The van der Waals surface area contributed by atoms with Crippen LogP contribution in [0.5, 0.6) is 0 Å². The van der Waals surface area contributed by atoms with Gasteiger partial charge in [-0.1, -0.05) is 19.9 Å². The number of rotatable bonds is 3. The molecule has 0 saturated carbocycles. The molecule has 0 radical (unpaired) electrons. The molecule has 0 aliphatic carbocycles. The van der Waals surface area contributed by atoms with Gasteiger partial charge in [-0.2, -0.15) is 0 Å². The summed E-state index contributed by atoms with van der Waals surface area (Å²) in [5.74, 6) is -0.914. The highest BCUT2D eigenvalue weighted by atomic mass is 32.1. The third-order valence-corrected chi connectivity index (χ3v) is 3.16. The molecular weight excluding hydrogens is 212 g/mol. The molecule has 0 bridgehead atoms. The molecule has 1 aliphatic rings. The van der Waals surface area contributed by atoms with Gasteiger partial charge in [0, 0.05) is 0 Å². The summed E-state index contributed by atoms with van der Waals surface area (Å²) < 4.78 is 0. The minimum atomic E-state index is -1.08. The van der Waals surface area contributed by atoms with Gasteiger partial charge in [-0.05, 0) is 24.6 Å². The molecule has 4 nitrogen and oxygen atoms in total. The molecule has 1 saturated heterocycles. The molecule has 1 heterocycles. The molecule has 1 rings (SSSR count). The first-order valence-electron chi connectivity index (χ1n) is 4.78. The number of hydrogen-bond acceptors (Lipinski definition) is 3.